The van der Waals surface area contributed by atoms with Gasteiger partial charge in [-0.1, -0.05) is 97.8 Å². The zero-order chi connectivity index (χ0) is 32.5. The summed E-state index contributed by atoms with van der Waals surface area (Å²) < 4.78 is 62.5. The van der Waals surface area contributed by atoms with Crippen molar-refractivity contribution in [1.82, 2.24) is 14.5 Å². The molecule has 0 saturated carbocycles. The Hall–Kier alpha value is -4.63. The lowest BCUT2D eigenvalue weighted by Crippen LogP contribution is -2.24. The zero-order valence-electron chi connectivity index (χ0n) is 25.9. The van der Waals surface area contributed by atoms with Crippen molar-refractivity contribution in [2.45, 2.75) is 66.1 Å². The third-order valence-corrected chi connectivity index (χ3v) is 7.65. The Labute approximate surface area is 267 Å². The molecule has 0 spiro atoms. The van der Waals surface area contributed by atoms with Crippen LogP contribution in [0, 0.1) is 6.92 Å². The normalized spacial score (nSPS) is 11.5. The van der Waals surface area contributed by atoms with Crippen LogP contribution in [0.15, 0.2) is 103 Å². The summed E-state index contributed by atoms with van der Waals surface area (Å²) >= 11 is 0. The van der Waals surface area contributed by atoms with Crippen LogP contribution in [-0.4, -0.2) is 27.7 Å². The van der Waals surface area contributed by atoms with Crippen molar-refractivity contribution in [3.8, 4) is 34.1 Å². The molecule has 5 aromatic rings. The van der Waals surface area contributed by atoms with E-state index >= 15 is 0 Å². The lowest BCUT2D eigenvalue weighted by molar-refractivity contribution is -0.0505. The smallest absolute Gasteiger partial charge is 0.387 e. The first-order valence-electron chi connectivity index (χ1n) is 15.3. The standard InChI is InChI=1S/C37H37F4N3O2/c1-3-4-22-44-33(34(29-16-10-26(2)11-17-29)42-35(44)30-8-6-5-7-9-30)25-43(23-27-12-18-31(19-13-27)45-36(38)39)24-28-14-20-32(21-15-28)46-37(40)41/h5-21,36-37H,3-4,22-25H2,1-2H3. The van der Waals surface area contributed by atoms with Gasteiger partial charge in [-0.2, -0.15) is 17.6 Å². The average Bonchev–Trinajstić information content (AvgIpc) is 3.39. The highest BCUT2D eigenvalue weighted by molar-refractivity contribution is 5.68. The maximum Gasteiger partial charge on any atom is 0.387 e. The highest BCUT2D eigenvalue weighted by Gasteiger charge is 2.22. The number of rotatable bonds is 15. The first-order valence-corrected chi connectivity index (χ1v) is 15.3. The molecule has 5 rings (SSSR count). The van der Waals surface area contributed by atoms with Gasteiger partial charge in [0.15, 0.2) is 0 Å². The van der Waals surface area contributed by atoms with E-state index < -0.39 is 13.2 Å². The lowest BCUT2D eigenvalue weighted by Gasteiger charge is -2.25. The fourth-order valence-electron chi connectivity index (χ4n) is 5.40. The van der Waals surface area contributed by atoms with Gasteiger partial charge in [-0.25, -0.2) is 4.98 Å². The van der Waals surface area contributed by atoms with Crippen molar-refractivity contribution in [1.29, 1.82) is 0 Å². The molecule has 0 saturated heterocycles. The molecule has 4 aromatic carbocycles. The fourth-order valence-corrected chi connectivity index (χ4v) is 5.40. The third kappa shape index (κ3) is 8.75. The minimum absolute atomic E-state index is 0.0896. The Morgan fingerprint density at radius 3 is 1.72 bits per heavy atom. The van der Waals surface area contributed by atoms with Gasteiger partial charge < -0.3 is 14.0 Å². The van der Waals surface area contributed by atoms with Crippen LogP contribution >= 0.6 is 0 Å². The first kappa shape index (κ1) is 32.8. The molecule has 0 radical (unpaired) electrons. The summed E-state index contributed by atoms with van der Waals surface area (Å²) in [5.41, 5.74) is 6.93. The molecular weight excluding hydrogens is 594 g/mol. The van der Waals surface area contributed by atoms with Crippen LogP contribution in [0.5, 0.6) is 11.5 Å². The summed E-state index contributed by atoms with van der Waals surface area (Å²) in [6.07, 6.45) is 1.98. The summed E-state index contributed by atoms with van der Waals surface area (Å²) in [6.45, 7) is 0.670. The minimum atomic E-state index is -2.90. The second-order valence-corrected chi connectivity index (χ2v) is 11.2. The van der Waals surface area contributed by atoms with Gasteiger partial charge in [-0.05, 0) is 48.7 Å². The summed E-state index contributed by atoms with van der Waals surface area (Å²) in [5, 5.41) is 0. The molecular formula is C37H37F4N3O2. The zero-order valence-corrected chi connectivity index (χ0v) is 25.9. The van der Waals surface area contributed by atoms with Gasteiger partial charge in [0.25, 0.3) is 0 Å². The molecule has 0 unspecified atom stereocenters. The maximum absolute atomic E-state index is 12.8. The van der Waals surface area contributed by atoms with E-state index in [1.54, 1.807) is 24.3 Å². The van der Waals surface area contributed by atoms with Crippen molar-refractivity contribution < 1.29 is 27.0 Å². The molecule has 5 nitrogen and oxygen atoms in total. The van der Waals surface area contributed by atoms with Crippen LogP contribution in [0.3, 0.4) is 0 Å². The molecule has 0 bridgehead atoms. The number of unbranched alkanes of at least 4 members (excludes halogenated alkanes) is 1. The maximum atomic E-state index is 12.8. The molecule has 46 heavy (non-hydrogen) atoms. The van der Waals surface area contributed by atoms with Crippen LogP contribution in [0.25, 0.3) is 22.6 Å². The Morgan fingerprint density at radius 2 is 1.22 bits per heavy atom. The van der Waals surface area contributed by atoms with Crippen LogP contribution in [0.2, 0.25) is 0 Å². The number of hydrogen-bond donors (Lipinski definition) is 0. The van der Waals surface area contributed by atoms with Gasteiger partial charge in [0, 0.05) is 37.3 Å². The van der Waals surface area contributed by atoms with Crippen LogP contribution < -0.4 is 9.47 Å². The molecule has 240 valence electrons. The monoisotopic (exact) mass is 631 g/mol. The van der Waals surface area contributed by atoms with Crippen LogP contribution in [0.4, 0.5) is 17.6 Å². The molecule has 0 aliphatic rings. The van der Waals surface area contributed by atoms with E-state index in [0.29, 0.717) is 19.6 Å². The highest BCUT2D eigenvalue weighted by Crippen LogP contribution is 2.32. The summed E-state index contributed by atoms with van der Waals surface area (Å²) in [6, 6.07) is 31.7. The SMILES string of the molecule is CCCCn1c(-c2ccccc2)nc(-c2ccc(C)cc2)c1CN(Cc1ccc(OC(F)F)cc1)Cc1ccc(OC(F)F)cc1. The lowest BCUT2D eigenvalue weighted by atomic mass is 10.1. The van der Waals surface area contributed by atoms with Gasteiger partial charge >= 0.3 is 13.2 Å². The van der Waals surface area contributed by atoms with Crippen molar-refractivity contribution in [3.05, 3.63) is 126 Å². The average molecular weight is 632 g/mol. The number of alkyl halides is 4. The van der Waals surface area contributed by atoms with Gasteiger partial charge in [-0.15, -0.1) is 0 Å². The van der Waals surface area contributed by atoms with E-state index in [1.807, 2.05) is 18.2 Å². The van der Waals surface area contributed by atoms with Crippen LogP contribution in [-0.2, 0) is 26.2 Å². The summed E-state index contributed by atoms with van der Waals surface area (Å²) in [5.74, 6) is 1.07. The molecule has 9 heteroatoms. The number of halogens is 4. The highest BCUT2D eigenvalue weighted by atomic mass is 19.3. The van der Waals surface area contributed by atoms with E-state index in [9.17, 15) is 17.6 Å². The van der Waals surface area contributed by atoms with E-state index in [4.69, 9.17) is 4.98 Å². The van der Waals surface area contributed by atoms with Gasteiger partial charge in [0.1, 0.15) is 17.3 Å². The van der Waals surface area contributed by atoms with Crippen LogP contribution in [0.1, 0.15) is 42.1 Å². The number of ether oxygens (including phenoxy) is 2. The second-order valence-electron chi connectivity index (χ2n) is 11.2. The van der Waals surface area contributed by atoms with Gasteiger partial charge in [0.05, 0.1) is 11.4 Å². The molecule has 1 aromatic heterocycles. The van der Waals surface area contributed by atoms with E-state index in [1.165, 1.54) is 24.3 Å². The number of aryl methyl sites for hydroxylation is 1. The predicted octanol–water partition coefficient (Wildman–Crippen LogP) is 9.73. The Morgan fingerprint density at radius 1 is 0.674 bits per heavy atom. The van der Waals surface area contributed by atoms with Crippen molar-refractivity contribution in [3.63, 3.8) is 0 Å². The number of aromatic nitrogens is 2. The van der Waals surface area contributed by atoms with Crippen molar-refractivity contribution >= 4 is 0 Å². The third-order valence-electron chi connectivity index (χ3n) is 7.65. The number of nitrogens with zero attached hydrogens (tertiary/aromatic N) is 3. The van der Waals surface area contributed by atoms with E-state index in [-0.39, 0.29) is 11.5 Å². The molecule has 0 aliphatic carbocycles. The van der Waals surface area contributed by atoms with E-state index in [2.05, 4.69) is 69.2 Å². The van der Waals surface area contributed by atoms with E-state index in [0.717, 1.165) is 64.4 Å². The molecule has 0 amide bonds. The topological polar surface area (TPSA) is 39.5 Å². The summed E-state index contributed by atoms with van der Waals surface area (Å²) in [4.78, 5) is 7.47. The summed E-state index contributed by atoms with van der Waals surface area (Å²) in [7, 11) is 0. The number of benzene rings is 4. The number of imidazole rings is 1. The minimum Gasteiger partial charge on any atom is -0.435 e. The largest absolute Gasteiger partial charge is 0.435 e. The predicted molar refractivity (Wildman–Crippen MR) is 172 cm³/mol. The van der Waals surface area contributed by atoms with Crippen molar-refractivity contribution in [2.75, 3.05) is 0 Å². The molecule has 1 heterocycles. The molecule has 0 atom stereocenters. The van der Waals surface area contributed by atoms with Crippen molar-refractivity contribution in [2.24, 2.45) is 0 Å². The molecule has 0 fully saturated rings. The Bertz CT molecular complexity index is 1600. The fraction of sp³-hybridized carbons (Fsp3) is 0.270. The quantitative estimate of drug-likeness (QED) is 0.108. The Kier molecular flexibility index (Phi) is 11.1. The Balaban J connectivity index is 1.56. The van der Waals surface area contributed by atoms with Gasteiger partial charge in [0.2, 0.25) is 0 Å². The molecule has 0 aliphatic heterocycles. The first-order chi connectivity index (χ1) is 22.3. The second kappa shape index (κ2) is 15.6. The molecule has 0 N–H and O–H groups in total. The number of hydrogen-bond acceptors (Lipinski definition) is 4. The van der Waals surface area contributed by atoms with Gasteiger partial charge in [-0.3, -0.25) is 4.90 Å².